The van der Waals surface area contributed by atoms with Gasteiger partial charge in [0, 0.05) is 30.5 Å². The average Bonchev–Trinajstić information content (AvgIpc) is 2.80. The maximum absolute atomic E-state index is 12.8. The number of fused-ring (bicyclic) bond motifs is 1. The number of carbonyl (C=O) groups is 1. The van der Waals surface area contributed by atoms with Crippen molar-refractivity contribution in [1.82, 2.24) is 14.5 Å². The van der Waals surface area contributed by atoms with E-state index >= 15 is 0 Å². The van der Waals surface area contributed by atoms with Crippen molar-refractivity contribution in [2.45, 2.75) is 24.4 Å². The second-order valence-corrected chi connectivity index (χ2v) is 9.42. The summed E-state index contributed by atoms with van der Waals surface area (Å²) in [6.07, 6.45) is 0. The first-order valence-electron chi connectivity index (χ1n) is 10.8. The van der Waals surface area contributed by atoms with Crippen LogP contribution in [0.3, 0.4) is 0 Å². The Morgan fingerprint density at radius 3 is 2.12 bits per heavy atom. The Balaban J connectivity index is 0.00000324. The number of ketones is 1. The smallest absolute Gasteiger partial charge is 0.262 e. The summed E-state index contributed by atoms with van der Waals surface area (Å²) in [7, 11) is 5.81. The average molecular weight is 494 g/mol. The fourth-order valence-corrected chi connectivity index (χ4v) is 4.71. The first-order chi connectivity index (χ1) is 15.8. The number of thioether (sulfide) groups is 1. The summed E-state index contributed by atoms with van der Waals surface area (Å²) in [6.45, 7) is 2.78. The van der Waals surface area contributed by atoms with E-state index in [-0.39, 0.29) is 23.7 Å². The van der Waals surface area contributed by atoms with E-state index in [1.807, 2.05) is 87.7 Å². The SMILES string of the molecule is Cc1cccc2nc(SCc3ccc(C(=O)c4ccc(CN(C)C)cc4)cc3)n(C)c(=O)c12.Cl. The van der Waals surface area contributed by atoms with Gasteiger partial charge in [-0.3, -0.25) is 14.2 Å². The molecule has 0 atom stereocenters. The van der Waals surface area contributed by atoms with Crippen LogP contribution in [-0.4, -0.2) is 34.3 Å². The molecule has 0 radical (unpaired) electrons. The number of carbonyl (C=O) groups excluding carboxylic acids is 1. The van der Waals surface area contributed by atoms with Gasteiger partial charge in [0.1, 0.15) is 0 Å². The normalized spacial score (nSPS) is 11.0. The molecule has 0 aliphatic heterocycles. The third kappa shape index (κ3) is 5.58. The molecule has 34 heavy (non-hydrogen) atoms. The zero-order chi connectivity index (χ0) is 23.5. The molecule has 4 rings (SSSR count). The van der Waals surface area contributed by atoms with E-state index in [1.165, 1.54) is 17.3 Å². The number of nitrogens with zero attached hydrogens (tertiary/aromatic N) is 3. The predicted molar refractivity (Wildman–Crippen MR) is 142 cm³/mol. The van der Waals surface area contributed by atoms with Gasteiger partial charge < -0.3 is 4.90 Å². The second-order valence-electron chi connectivity index (χ2n) is 8.48. The van der Waals surface area contributed by atoms with Gasteiger partial charge in [0.05, 0.1) is 10.9 Å². The number of aryl methyl sites for hydroxylation is 1. The lowest BCUT2D eigenvalue weighted by Gasteiger charge is -2.11. The summed E-state index contributed by atoms with van der Waals surface area (Å²) >= 11 is 1.51. The Morgan fingerprint density at radius 2 is 1.53 bits per heavy atom. The number of halogens is 1. The highest BCUT2D eigenvalue weighted by atomic mass is 35.5. The van der Waals surface area contributed by atoms with Crippen molar-refractivity contribution >= 4 is 40.9 Å². The first-order valence-corrected chi connectivity index (χ1v) is 11.8. The van der Waals surface area contributed by atoms with Crippen molar-refractivity contribution in [2.75, 3.05) is 14.1 Å². The lowest BCUT2D eigenvalue weighted by Crippen LogP contribution is -2.20. The molecular formula is C27H28ClN3O2S. The Hall–Kier alpha value is -2.93. The molecule has 176 valence electrons. The van der Waals surface area contributed by atoms with E-state index in [0.717, 1.165) is 23.2 Å². The van der Waals surface area contributed by atoms with Crippen molar-refractivity contribution in [3.05, 3.63) is 105 Å². The van der Waals surface area contributed by atoms with Crippen LogP contribution in [0.1, 0.15) is 32.6 Å². The predicted octanol–water partition coefficient (Wildman–Crippen LogP) is 5.25. The third-order valence-corrected chi connectivity index (χ3v) is 6.67. The Bertz CT molecular complexity index is 1360. The van der Waals surface area contributed by atoms with Crippen LogP contribution >= 0.6 is 24.2 Å². The van der Waals surface area contributed by atoms with Crippen LogP contribution < -0.4 is 5.56 Å². The lowest BCUT2D eigenvalue weighted by atomic mass is 10.0. The van der Waals surface area contributed by atoms with E-state index in [0.29, 0.717) is 27.4 Å². The zero-order valence-corrected chi connectivity index (χ0v) is 21.4. The maximum Gasteiger partial charge on any atom is 0.262 e. The van der Waals surface area contributed by atoms with Gasteiger partial charge in [0.15, 0.2) is 10.9 Å². The minimum atomic E-state index is -0.0295. The number of hydrogen-bond donors (Lipinski definition) is 0. The quantitative estimate of drug-likeness (QED) is 0.200. The van der Waals surface area contributed by atoms with Crippen molar-refractivity contribution in [2.24, 2.45) is 7.05 Å². The second kappa shape index (κ2) is 11.0. The van der Waals surface area contributed by atoms with Crippen LogP contribution in [0.5, 0.6) is 0 Å². The number of aromatic nitrogens is 2. The number of benzene rings is 3. The van der Waals surface area contributed by atoms with E-state index in [9.17, 15) is 9.59 Å². The molecule has 3 aromatic carbocycles. The number of rotatable bonds is 7. The minimum Gasteiger partial charge on any atom is -0.305 e. The van der Waals surface area contributed by atoms with E-state index in [4.69, 9.17) is 4.98 Å². The summed E-state index contributed by atoms with van der Waals surface area (Å²) in [6, 6.07) is 21.2. The molecule has 0 saturated heterocycles. The van der Waals surface area contributed by atoms with Crippen molar-refractivity contribution in [3.63, 3.8) is 0 Å². The molecule has 0 saturated carbocycles. The zero-order valence-electron chi connectivity index (χ0n) is 19.7. The molecular weight excluding hydrogens is 466 g/mol. The summed E-state index contributed by atoms with van der Waals surface area (Å²) < 4.78 is 1.61. The monoisotopic (exact) mass is 493 g/mol. The molecule has 0 fully saturated rings. The summed E-state index contributed by atoms with van der Waals surface area (Å²) in [4.78, 5) is 32.4. The van der Waals surface area contributed by atoms with E-state index in [2.05, 4.69) is 4.90 Å². The van der Waals surface area contributed by atoms with Gasteiger partial charge in [-0.05, 0) is 43.8 Å². The molecule has 5 nitrogen and oxygen atoms in total. The maximum atomic E-state index is 12.8. The highest BCUT2D eigenvalue weighted by molar-refractivity contribution is 7.98. The fourth-order valence-electron chi connectivity index (χ4n) is 3.78. The van der Waals surface area contributed by atoms with Crippen LogP contribution in [-0.2, 0) is 19.3 Å². The third-order valence-electron chi connectivity index (χ3n) is 5.57. The first kappa shape index (κ1) is 25.7. The molecule has 0 unspecified atom stereocenters. The van der Waals surface area contributed by atoms with Crippen LogP contribution in [0.25, 0.3) is 10.9 Å². The summed E-state index contributed by atoms with van der Waals surface area (Å²) in [5, 5.41) is 1.35. The standard InChI is InChI=1S/C27H27N3O2S.ClH/c1-18-6-5-7-23-24(18)26(32)30(4)27(28-23)33-17-20-10-14-22(15-11-20)25(31)21-12-8-19(9-13-21)16-29(2)3;/h5-15H,16-17H2,1-4H3;1H. The Labute approximate surface area is 210 Å². The highest BCUT2D eigenvalue weighted by Crippen LogP contribution is 2.23. The molecule has 0 spiro atoms. The molecule has 0 aliphatic carbocycles. The molecule has 7 heteroatoms. The van der Waals surface area contributed by atoms with Crippen molar-refractivity contribution < 1.29 is 4.79 Å². The summed E-state index contributed by atoms with van der Waals surface area (Å²) in [5.74, 6) is 0.672. The largest absolute Gasteiger partial charge is 0.305 e. The van der Waals surface area contributed by atoms with Crippen molar-refractivity contribution in [3.8, 4) is 0 Å². The highest BCUT2D eigenvalue weighted by Gasteiger charge is 2.12. The van der Waals surface area contributed by atoms with Crippen molar-refractivity contribution in [1.29, 1.82) is 0 Å². The Kier molecular flexibility index (Phi) is 8.31. The molecule has 0 bridgehead atoms. The van der Waals surface area contributed by atoms with Gasteiger partial charge in [0.2, 0.25) is 0 Å². The van der Waals surface area contributed by atoms with Crippen LogP contribution in [0.2, 0.25) is 0 Å². The lowest BCUT2D eigenvalue weighted by molar-refractivity contribution is 0.103. The fraction of sp³-hybridized carbons (Fsp3) is 0.222. The summed E-state index contributed by atoms with van der Waals surface area (Å²) in [5.41, 5.74) is 5.22. The van der Waals surface area contributed by atoms with Gasteiger partial charge in [-0.1, -0.05) is 72.4 Å². The molecule has 0 amide bonds. The van der Waals surface area contributed by atoms with Crippen LogP contribution in [0.4, 0.5) is 0 Å². The molecule has 0 N–H and O–H groups in total. The topological polar surface area (TPSA) is 55.2 Å². The van der Waals surface area contributed by atoms with Crippen LogP contribution in [0, 0.1) is 6.92 Å². The van der Waals surface area contributed by atoms with E-state index < -0.39 is 0 Å². The van der Waals surface area contributed by atoms with Crippen LogP contribution in [0.15, 0.2) is 76.7 Å². The molecule has 0 aliphatic rings. The van der Waals surface area contributed by atoms with Gasteiger partial charge in [-0.2, -0.15) is 0 Å². The van der Waals surface area contributed by atoms with Gasteiger partial charge in [0.25, 0.3) is 5.56 Å². The molecule has 4 aromatic rings. The van der Waals surface area contributed by atoms with E-state index in [1.54, 1.807) is 11.6 Å². The van der Waals surface area contributed by atoms with Gasteiger partial charge >= 0.3 is 0 Å². The number of hydrogen-bond acceptors (Lipinski definition) is 5. The molecule has 1 heterocycles. The van der Waals surface area contributed by atoms with Gasteiger partial charge in [-0.15, -0.1) is 12.4 Å². The Morgan fingerprint density at radius 1 is 0.941 bits per heavy atom. The minimum absolute atomic E-state index is 0. The molecule has 1 aromatic heterocycles. The van der Waals surface area contributed by atoms with Gasteiger partial charge in [-0.25, -0.2) is 4.98 Å².